The van der Waals surface area contributed by atoms with Crippen LogP contribution in [0.5, 0.6) is 5.75 Å². The van der Waals surface area contributed by atoms with Gasteiger partial charge in [-0.05, 0) is 42.5 Å². The van der Waals surface area contributed by atoms with Gasteiger partial charge in [0.25, 0.3) is 5.91 Å². The number of nitrogens with one attached hydrogen (secondary N) is 1. The van der Waals surface area contributed by atoms with Crippen molar-refractivity contribution < 1.29 is 14.3 Å². The summed E-state index contributed by atoms with van der Waals surface area (Å²) in [6.45, 7) is 4.15. The summed E-state index contributed by atoms with van der Waals surface area (Å²) < 4.78 is 5.84. The highest BCUT2D eigenvalue weighted by Crippen LogP contribution is 2.32. The lowest BCUT2D eigenvalue weighted by Crippen LogP contribution is -2.23. The Morgan fingerprint density at radius 2 is 2.16 bits per heavy atom. The van der Waals surface area contributed by atoms with E-state index < -0.39 is 0 Å². The van der Waals surface area contributed by atoms with Gasteiger partial charge in [-0.1, -0.05) is 37.8 Å². The molecule has 1 aromatic carbocycles. The van der Waals surface area contributed by atoms with Crippen molar-refractivity contribution >= 4 is 46.4 Å². The first-order valence-corrected chi connectivity index (χ1v) is 9.41. The molecule has 25 heavy (non-hydrogen) atoms. The van der Waals surface area contributed by atoms with Crippen LogP contribution in [-0.4, -0.2) is 23.6 Å². The molecule has 1 aliphatic heterocycles. The molecular weight excluding hydrogens is 360 g/mol. The molecule has 134 valence electrons. The summed E-state index contributed by atoms with van der Waals surface area (Å²) in [6, 6.07) is 5.31. The Balaban J connectivity index is 2.09. The summed E-state index contributed by atoms with van der Waals surface area (Å²) in [7, 11) is 0. The molecule has 0 unspecified atom stereocenters. The molecule has 0 aromatic heterocycles. The molecule has 0 bridgehead atoms. The van der Waals surface area contributed by atoms with Crippen LogP contribution in [-0.2, 0) is 9.59 Å². The molecule has 2 rings (SSSR count). The smallest absolute Gasteiger partial charge is 0.286 e. The average molecular weight is 381 g/mol. The number of thioether (sulfide) groups is 1. The van der Waals surface area contributed by atoms with E-state index in [4.69, 9.17) is 16.3 Å². The molecule has 0 saturated carbocycles. The summed E-state index contributed by atoms with van der Waals surface area (Å²) in [5, 5.41) is 3.37. The number of amides is 2. The van der Waals surface area contributed by atoms with Gasteiger partial charge in [-0.2, -0.15) is 4.99 Å². The number of halogens is 1. The van der Waals surface area contributed by atoms with Gasteiger partial charge in [-0.25, -0.2) is 0 Å². The highest BCUT2D eigenvalue weighted by atomic mass is 35.5. The first-order valence-electron chi connectivity index (χ1n) is 8.22. The number of ether oxygens (including phenoxy) is 1. The van der Waals surface area contributed by atoms with E-state index in [0.717, 1.165) is 30.2 Å². The maximum Gasteiger partial charge on any atom is 0.286 e. The van der Waals surface area contributed by atoms with Crippen LogP contribution in [0, 0.1) is 0 Å². The third kappa shape index (κ3) is 6.21. The number of benzene rings is 1. The monoisotopic (exact) mass is 380 g/mol. The van der Waals surface area contributed by atoms with Gasteiger partial charge in [0, 0.05) is 17.5 Å². The van der Waals surface area contributed by atoms with Crippen LogP contribution in [0.4, 0.5) is 0 Å². The van der Waals surface area contributed by atoms with Crippen molar-refractivity contribution in [1.82, 2.24) is 5.32 Å². The molecule has 0 spiro atoms. The van der Waals surface area contributed by atoms with Crippen molar-refractivity contribution in [2.45, 2.75) is 39.5 Å². The predicted molar refractivity (Wildman–Crippen MR) is 103 cm³/mol. The number of aliphatic imine (C=N–C) groups is 1. The van der Waals surface area contributed by atoms with Crippen molar-refractivity contribution in [2.24, 2.45) is 4.99 Å². The standard InChI is InChI=1S/C18H21ClN2O3S/c1-3-4-5-6-9-24-15-8-7-14(19)10-13(15)11-16-17(23)21-18(25-16)20-12(2)22/h7-8,10-11H,3-6,9H2,1-2H3,(H,20,21,22,23)/b16-11+. The fourth-order valence-corrected chi connectivity index (χ4v) is 3.26. The van der Waals surface area contributed by atoms with Gasteiger partial charge in [-0.3, -0.25) is 9.59 Å². The van der Waals surface area contributed by atoms with Crippen LogP contribution in [0.15, 0.2) is 28.1 Å². The maximum absolute atomic E-state index is 12.0. The van der Waals surface area contributed by atoms with Crippen LogP contribution in [0.3, 0.4) is 0 Å². The van der Waals surface area contributed by atoms with E-state index in [0.29, 0.717) is 22.3 Å². The molecule has 7 heteroatoms. The zero-order chi connectivity index (χ0) is 18.2. The SMILES string of the molecule is CCCCCCOc1ccc(Cl)cc1/C=C1/SC(NC(C)=O)=NC1=O. The van der Waals surface area contributed by atoms with Gasteiger partial charge in [0.1, 0.15) is 5.75 Å². The van der Waals surface area contributed by atoms with Gasteiger partial charge in [0.05, 0.1) is 11.5 Å². The van der Waals surface area contributed by atoms with Crippen molar-refractivity contribution in [3.05, 3.63) is 33.7 Å². The molecule has 1 heterocycles. The number of carbonyl (C=O) groups is 2. The van der Waals surface area contributed by atoms with E-state index >= 15 is 0 Å². The van der Waals surface area contributed by atoms with E-state index in [2.05, 4.69) is 17.2 Å². The molecule has 1 aromatic rings. The number of carbonyl (C=O) groups excluding carboxylic acids is 2. The largest absolute Gasteiger partial charge is 0.493 e. The second kappa shape index (κ2) is 9.63. The van der Waals surface area contributed by atoms with Crippen LogP contribution >= 0.6 is 23.4 Å². The van der Waals surface area contributed by atoms with E-state index in [1.807, 2.05) is 0 Å². The summed E-state index contributed by atoms with van der Waals surface area (Å²) in [6.07, 6.45) is 6.17. The molecule has 0 fully saturated rings. The van der Waals surface area contributed by atoms with E-state index in [9.17, 15) is 9.59 Å². The molecule has 0 aliphatic carbocycles. The van der Waals surface area contributed by atoms with Crippen LogP contribution < -0.4 is 10.1 Å². The second-order valence-electron chi connectivity index (χ2n) is 5.61. The van der Waals surface area contributed by atoms with Crippen molar-refractivity contribution in [3.8, 4) is 5.75 Å². The van der Waals surface area contributed by atoms with Gasteiger partial charge < -0.3 is 10.1 Å². The Hall–Kier alpha value is -1.79. The van der Waals surface area contributed by atoms with Gasteiger partial charge in [0.15, 0.2) is 5.17 Å². The molecule has 5 nitrogen and oxygen atoms in total. The van der Waals surface area contributed by atoms with Gasteiger partial charge in [0.2, 0.25) is 5.91 Å². The third-order valence-corrected chi connectivity index (χ3v) is 4.55. The predicted octanol–water partition coefficient (Wildman–Crippen LogP) is 4.41. The minimum Gasteiger partial charge on any atom is -0.493 e. The Kier molecular flexibility index (Phi) is 7.52. The van der Waals surface area contributed by atoms with E-state index in [1.54, 1.807) is 24.3 Å². The third-order valence-electron chi connectivity index (χ3n) is 3.42. The lowest BCUT2D eigenvalue weighted by atomic mass is 10.1. The quantitative estimate of drug-likeness (QED) is 0.562. The van der Waals surface area contributed by atoms with Crippen molar-refractivity contribution in [2.75, 3.05) is 6.61 Å². The molecule has 0 atom stereocenters. The number of hydrogen-bond donors (Lipinski definition) is 1. The highest BCUT2D eigenvalue weighted by molar-refractivity contribution is 8.18. The molecule has 0 saturated heterocycles. The minimum absolute atomic E-state index is 0.265. The minimum atomic E-state index is -0.386. The number of hydrogen-bond acceptors (Lipinski definition) is 4. The zero-order valence-corrected chi connectivity index (χ0v) is 15.9. The summed E-state index contributed by atoms with van der Waals surface area (Å²) >= 11 is 7.20. The number of nitrogens with zero attached hydrogens (tertiary/aromatic N) is 1. The maximum atomic E-state index is 12.0. The second-order valence-corrected chi connectivity index (χ2v) is 7.07. The topological polar surface area (TPSA) is 67.8 Å². The van der Waals surface area contributed by atoms with Crippen molar-refractivity contribution in [3.63, 3.8) is 0 Å². The first-order chi connectivity index (χ1) is 12.0. The zero-order valence-electron chi connectivity index (χ0n) is 14.3. The summed E-state index contributed by atoms with van der Waals surface area (Å²) in [4.78, 5) is 27.3. The lowest BCUT2D eigenvalue weighted by Gasteiger charge is -2.10. The fraction of sp³-hybridized carbons (Fsp3) is 0.389. The van der Waals surface area contributed by atoms with E-state index in [-0.39, 0.29) is 17.0 Å². The Morgan fingerprint density at radius 3 is 2.88 bits per heavy atom. The normalized spacial score (nSPS) is 15.4. The molecule has 0 radical (unpaired) electrons. The molecule has 2 amide bonds. The van der Waals surface area contributed by atoms with Crippen molar-refractivity contribution in [1.29, 1.82) is 0 Å². The number of unbranched alkanes of at least 4 members (excludes halogenated alkanes) is 3. The molecule has 1 N–H and O–H groups in total. The van der Waals surface area contributed by atoms with Crippen LogP contribution in [0.2, 0.25) is 5.02 Å². The Bertz CT molecular complexity index is 716. The Labute approximate surface area is 156 Å². The summed E-state index contributed by atoms with van der Waals surface area (Å²) in [5.41, 5.74) is 0.720. The van der Waals surface area contributed by atoms with E-state index in [1.165, 1.54) is 19.8 Å². The lowest BCUT2D eigenvalue weighted by molar-refractivity contribution is -0.117. The molecular formula is C18H21ClN2O3S. The molecule has 1 aliphatic rings. The first kappa shape index (κ1) is 19.5. The van der Waals surface area contributed by atoms with Crippen LogP contribution in [0.25, 0.3) is 6.08 Å². The van der Waals surface area contributed by atoms with Gasteiger partial charge in [-0.15, -0.1) is 0 Å². The summed E-state index contributed by atoms with van der Waals surface area (Å²) in [5.74, 6) is 0.0246. The fourth-order valence-electron chi connectivity index (χ4n) is 2.23. The number of rotatable bonds is 7. The number of amidine groups is 1. The van der Waals surface area contributed by atoms with Gasteiger partial charge >= 0.3 is 0 Å². The highest BCUT2D eigenvalue weighted by Gasteiger charge is 2.23. The van der Waals surface area contributed by atoms with Crippen LogP contribution in [0.1, 0.15) is 45.1 Å². The average Bonchev–Trinajstić information content (AvgIpc) is 2.87. The Morgan fingerprint density at radius 1 is 1.36 bits per heavy atom.